The molecule has 2 heterocycles. The number of hydrogen-bond donors (Lipinski definition) is 0. The minimum Gasteiger partial charge on any atom is -0.354 e. The smallest absolute Gasteiger partial charge is 0.354 e. The number of allylic oxidation sites excluding steroid dienone is 2. The van der Waals surface area contributed by atoms with E-state index in [1.807, 2.05) is 0 Å². The van der Waals surface area contributed by atoms with Crippen LogP contribution >= 0.6 is 23.5 Å². The second kappa shape index (κ2) is 8.27. The quantitative estimate of drug-likeness (QED) is 0.511. The van der Waals surface area contributed by atoms with E-state index < -0.39 is 0 Å². The van der Waals surface area contributed by atoms with Crippen molar-refractivity contribution in [1.29, 1.82) is 0 Å². The Labute approximate surface area is 144 Å². The van der Waals surface area contributed by atoms with Gasteiger partial charge in [0.15, 0.2) is 0 Å². The summed E-state index contributed by atoms with van der Waals surface area (Å²) in [4.78, 5) is 5.04. The minimum atomic E-state index is 0. The molecule has 0 spiro atoms. The molecule has 0 aromatic heterocycles. The third-order valence-electron chi connectivity index (χ3n) is 4.05. The molecule has 2 nitrogen and oxygen atoms in total. The van der Waals surface area contributed by atoms with Crippen LogP contribution in [-0.4, -0.2) is 59.1 Å². The van der Waals surface area contributed by atoms with Gasteiger partial charge in [0.05, 0.1) is 0 Å². The Morgan fingerprint density at radius 1 is 1.05 bits per heavy atom. The van der Waals surface area contributed by atoms with Crippen LogP contribution < -0.4 is 18.9 Å². The molecule has 2 saturated heterocycles. The van der Waals surface area contributed by atoms with E-state index in [1.165, 1.54) is 44.1 Å². The summed E-state index contributed by atoms with van der Waals surface area (Å²) in [5, 5.41) is 0. The summed E-state index contributed by atoms with van der Waals surface area (Å²) in [7, 11) is 2.23. The molecule has 5 heteroatoms. The van der Waals surface area contributed by atoms with Gasteiger partial charge in [0.2, 0.25) is 0 Å². The molecule has 0 bridgehead atoms. The topological polar surface area (TPSA) is 6.48 Å². The number of thioether (sulfide) groups is 2. The Hall–Kier alpha value is 0.567. The first-order valence-corrected chi connectivity index (χ1v) is 9.33. The average molecular weight is 302 g/mol. The van der Waals surface area contributed by atoms with Gasteiger partial charge in [-0.15, -0.1) is 41.7 Å². The van der Waals surface area contributed by atoms with Crippen molar-refractivity contribution in [2.45, 2.75) is 11.0 Å². The number of piperazine rings is 1. The molecule has 1 aliphatic carbocycles. The van der Waals surface area contributed by atoms with Crippen LogP contribution in [0.15, 0.2) is 24.3 Å². The standard InChI is InChI=1S/C15H23N2S2.Li/c1-16-7-9-17(10-8-16)14-6-3-2-5-13(14)15-18-11-4-12-19-15;/h2-3,5-6,13,15H,4,7-12H2,1H3;/q-1;+1. The van der Waals surface area contributed by atoms with E-state index in [4.69, 9.17) is 0 Å². The summed E-state index contributed by atoms with van der Waals surface area (Å²) in [6, 6.07) is 1.56. The maximum atomic E-state index is 2.61. The van der Waals surface area contributed by atoms with Crippen LogP contribution in [0.4, 0.5) is 0 Å². The zero-order valence-electron chi connectivity index (χ0n) is 12.6. The second-order valence-electron chi connectivity index (χ2n) is 5.45. The molecular weight excluding hydrogens is 279 g/mol. The minimum absolute atomic E-state index is 0. The maximum Gasteiger partial charge on any atom is 1.00 e. The normalized spacial score (nSPS) is 29.4. The zero-order valence-corrected chi connectivity index (χ0v) is 14.3. The summed E-state index contributed by atoms with van der Waals surface area (Å²) in [6.45, 7) is 4.75. The van der Waals surface area contributed by atoms with Crippen LogP contribution in [0.1, 0.15) is 6.42 Å². The molecule has 0 saturated carbocycles. The van der Waals surface area contributed by atoms with Gasteiger partial charge in [0.1, 0.15) is 0 Å². The van der Waals surface area contributed by atoms with Crippen molar-refractivity contribution in [3.63, 3.8) is 0 Å². The van der Waals surface area contributed by atoms with Gasteiger partial charge in [0, 0.05) is 17.7 Å². The SMILES string of the molecule is CN1CCN([C-]2C=CC=CC2C2SCCCS2)CC1.[Li+]. The van der Waals surface area contributed by atoms with E-state index in [0.717, 1.165) is 4.58 Å². The average Bonchev–Trinajstić information content (AvgIpc) is 2.49. The fourth-order valence-corrected chi connectivity index (χ4v) is 5.98. The van der Waals surface area contributed by atoms with E-state index in [9.17, 15) is 0 Å². The molecule has 1 unspecified atom stereocenters. The maximum absolute atomic E-state index is 2.61. The molecule has 106 valence electrons. The van der Waals surface area contributed by atoms with Crippen LogP contribution in [0.2, 0.25) is 0 Å². The molecule has 2 aliphatic heterocycles. The van der Waals surface area contributed by atoms with Crippen LogP contribution in [0.3, 0.4) is 0 Å². The largest absolute Gasteiger partial charge is 1.00 e. The van der Waals surface area contributed by atoms with E-state index >= 15 is 0 Å². The molecule has 2 fully saturated rings. The van der Waals surface area contributed by atoms with Crippen molar-refractivity contribution in [2.75, 3.05) is 44.7 Å². The molecule has 1 atom stereocenters. The third kappa shape index (κ3) is 4.06. The first-order valence-electron chi connectivity index (χ1n) is 7.23. The number of likely N-dealkylation sites (N-methyl/N-ethyl adjacent to an activating group) is 1. The van der Waals surface area contributed by atoms with Gasteiger partial charge in [-0.1, -0.05) is 0 Å². The molecule has 0 aromatic carbocycles. The number of nitrogens with zero attached hydrogens (tertiary/aromatic N) is 2. The van der Waals surface area contributed by atoms with E-state index in [-0.39, 0.29) is 18.9 Å². The van der Waals surface area contributed by atoms with Gasteiger partial charge < -0.3 is 9.80 Å². The molecule has 20 heavy (non-hydrogen) atoms. The summed E-state index contributed by atoms with van der Waals surface area (Å²) < 4.78 is 0.726. The van der Waals surface area contributed by atoms with E-state index in [1.54, 1.807) is 6.04 Å². The Bertz CT molecular complexity index is 348. The van der Waals surface area contributed by atoms with Crippen LogP contribution in [-0.2, 0) is 0 Å². The molecule has 3 aliphatic rings. The summed E-state index contributed by atoms with van der Waals surface area (Å²) in [5.41, 5.74) is 0. The Morgan fingerprint density at radius 2 is 1.75 bits per heavy atom. The molecule has 0 N–H and O–H groups in total. The van der Waals surface area contributed by atoms with Crippen molar-refractivity contribution < 1.29 is 18.9 Å². The van der Waals surface area contributed by atoms with Crippen LogP contribution in [0.5, 0.6) is 0 Å². The summed E-state index contributed by atoms with van der Waals surface area (Å²) >= 11 is 4.32. The number of hydrogen-bond acceptors (Lipinski definition) is 4. The Kier molecular flexibility index (Phi) is 7.00. The first-order chi connectivity index (χ1) is 9.34. The van der Waals surface area contributed by atoms with Crippen molar-refractivity contribution >= 4 is 23.5 Å². The van der Waals surface area contributed by atoms with Crippen molar-refractivity contribution in [3.05, 3.63) is 30.3 Å². The predicted octanol–water partition coefficient (Wildman–Crippen LogP) is -0.292. The fraction of sp³-hybridized carbons (Fsp3) is 0.667. The number of rotatable bonds is 2. The summed E-state index contributed by atoms with van der Waals surface area (Å²) in [6.07, 6.45) is 10.6. The Balaban J connectivity index is 0.00000147. The van der Waals surface area contributed by atoms with E-state index in [2.05, 4.69) is 64.7 Å². The van der Waals surface area contributed by atoms with Gasteiger partial charge in [-0.2, -0.15) is 0 Å². The van der Waals surface area contributed by atoms with Crippen LogP contribution in [0.25, 0.3) is 0 Å². The molecule has 0 amide bonds. The fourth-order valence-electron chi connectivity index (χ4n) is 2.87. The van der Waals surface area contributed by atoms with Gasteiger partial charge in [0.25, 0.3) is 0 Å². The van der Waals surface area contributed by atoms with Crippen molar-refractivity contribution in [1.82, 2.24) is 9.80 Å². The molecule has 3 rings (SSSR count). The van der Waals surface area contributed by atoms with Gasteiger partial charge >= 0.3 is 18.9 Å². The molecule has 0 aromatic rings. The van der Waals surface area contributed by atoms with Gasteiger partial charge in [-0.3, -0.25) is 0 Å². The van der Waals surface area contributed by atoms with Crippen molar-refractivity contribution in [3.8, 4) is 0 Å². The summed E-state index contributed by atoms with van der Waals surface area (Å²) in [5.74, 6) is 3.28. The second-order valence-corrected chi connectivity index (χ2v) is 8.25. The first kappa shape index (κ1) is 16.9. The Morgan fingerprint density at radius 3 is 2.45 bits per heavy atom. The molecular formula is C15H23LiN2S2. The van der Waals surface area contributed by atoms with E-state index in [0.29, 0.717) is 5.92 Å². The third-order valence-corrected chi connectivity index (χ3v) is 7.16. The van der Waals surface area contributed by atoms with Gasteiger partial charge in [-0.05, 0) is 44.0 Å². The molecule has 0 radical (unpaired) electrons. The monoisotopic (exact) mass is 302 g/mol. The zero-order chi connectivity index (χ0) is 13.1. The predicted molar refractivity (Wildman–Crippen MR) is 87.4 cm³/mol. The van der Waals surface area contributed by atoms with Gasteiger partial charge in [-0.25, -0.2) is 12.2 Å². The van der Waals surface area contributed by atoms with Crippen LogP contribution in [0, 0.1) is 12.0 Å². The van der Waals surface area contributed by atoms with Crippen molar-refractivity contribution in [2.24, 2.45) is 5.92 Å².